The zero-order chi connectivity index (χ0) is 52.2. The summed E-state index contributed by atoms with van der Waals surface area (Å²) in [5, 5.41) is 54.5. The first-order chi connectivity index (χ1) is 35.3. The largest absolute Gasteiger partial charge is 0.394 e. The van der Waals surface area contributed by atoms with Crippen molar-refractivity contribution < 1.29 is 39.8 Å². The Hall–Kier alpha value is -1.33. The quantitative estimate of drug-likeness (QED) is 0.0261. The highest BCUT2D eigenvalue weighted by Crippen LogP contribution is 2.23. The van der Waals surface area contributed by atoms with Crippen molar-refractivity contribution in [1.29, 1.82) is 0 Å². The van der Waals surface area contributed by atoms with Crippen LogP contribution in [-0.2, 0) is 14.3 Å². The van der Waals surface area contributed by atoms with Crippen LogP contribution in [0.4, 0.5) is 0 Å². The van der Waals surface area contributed by atoms with Gasteiger partial charge in [-0.1, -0.05) is 289 Å². The minimum atomic E-state index is -1.56. The van der Waals surface area contributed by atoms with Gasteiger partial charge in [-0.2, -0.15) is 0 Å². The van der Waals surface area contributed by atoms with Gasteiger partial charge < -0.3 is 40.3 Å². The third kappa shape index (κ3) is 41.9. The summed E-state index contributed by atoms with van der Waals surface area (Å²) < 4.78 is 11.3. The fourth-order valence-corrected chi connectivity index (χ4v) is 10.3. The van der Waals surface area contributed by atoms with Gasteiger partial charge in [0.15, 0.2) is 6.29 Å². The Morgan fingerprint density at radius 1 is 0.458 bits per heavy atom. The van der Waals surface area contributed by atoms with Crippen LogP contribution >= 0.6 is 0 Å². The van der Waals surface area contributed by atoms with E-state index in [2.05, 4.69) is 31.3 Å². The van der Waals surface area contributed by atoms with Crippen molar-refractivity contribution >= 4 is 5.91 Å². The van der Waals surface area contributed by atoms with Crippen LogP contribution in [-0.4, -0.2) is 87.5 Å². The molecular weight excluding hydrogens is 899 g/mol. The summed E-state index contributed by atoms with van der Waals surface area (Å²) in [4.78, 5) is 13.1. The summed E-state index contributed by atoms with van der Waals surface area (Å²) in [6.45, 7) is 3.82. The summed E-state index contributed by atoms with van der Waals surface area (Å²) in [6.07, 6.45) is 61.3. The lowest BCUT2D eigenvalue weighted by Crippen LogP contribution is -2.60. The second kappa shape index (κ2) is 53.1. The number of amides is 1. The van der Waals surface area contributed by atoms with Gasteiger partial charge in [0.2, 0.25) is 5.91 Å². The standard InChI is InChI=1S/C63H121NO8/c1-3-5-7-9-11-13-15-17-19-21-22-23-24-25-26-27-28-29-30-31-32-33-34-35-36-37-39-41-43-45-47-49-51-53-59(67)64-56(55-71-63-62(70)61(69)60(68)58(54-65)72-63)57(66)52-50-48-46-44-42-40-38-20-18-16-14-12-10-8-6-4-2/h25-26,50,52,56-58,60-63,65-66,68-70H,3-24,27-49,51,53-55H2,1-2H3,(H,64,67)/b26-25-,52-50+. The Labute approximate surface area is 445 Å². The van der Waals surface area contributed by atoms with E-state index < -0.39 is 49.5 Å². The molecule has 426 valence electrons. The van der Waals surface area contributed by atoms with Crippen molar-refractivity contribution in [3.8, 4) is 0 Å². The molecule has 0 aromatic heterocycles. The van der Waals surface area contributed by atoms with Crippen LogP contribution in [0.25, 0.3) is 0 Å². The van der Waals surface area contributed by atoms with Gasteiger partial charge in [0, 0.05) is 6.42 Å². The Bertz CT molecular complexity index is 1180. The van der Waals surface area contributed by atoms with Crippen LogP contribution in [0.15, 0.2) is 24.3 Å². The van der Waals surface area contributed by atoms with E-state index in [0.29, 0.717) is 6.42 Å². The minimum absolute atomic E-state index is 0.171. The second-order valence-corrected chi connectivity index (χ2v) is 22.2. The Morgan fingerprint density at radius 3 is 1.12 bits per heavy atom. The molecule has 0 aliphatic carbocycles. The molecule has 0 aromatic carbocycles. The average molecular weight is 1020 g/mol. The monoisotopic (exact) mass is 1020 g/mol. The summed E-state index contributed by atoms with van der Waals surface area (Å²) in [5.74, 6) is -0.171. The zero-order valence-electron chi connectivity index (χ0n) is 47.5. The average Bonchev–Trinajstić information content (AvgIpc) is 3.38. The van der Waals surface area contributed by atoms with Gasteiger partial charge in [-0.25, -0.2) is 0 Å². The topological polar surface area (TPSA) is 149 Å². The fraction of sp³-hybridized carbons (Fsp3) is 0.921. The molecule has 0 bridgehead atoms. The third-order valence-electron chi connectivity index (χ3n) is 15.3. The van der Waals surface area contributed by atoms with E-state index in [1.54, 1.807) is 6.08 Å². The molecule has 7 unspecified atom stereocenters. The molecule has 0 saturated carbocycles. The summed E-state index contributed by atoms with van der Waals surface area (Å²) in [6, 6.07) is -0.802. The van der Waals surface area contributed by atoms with Crippen molar-refractivity contribution in [2.24, 2.45) is 0 Å². The van der Waals surface area contributed by atoms with Gasteiger partial charge in [-0.15, -0.1) is 0 Å². The number of carbonyl (C=O) groups is 1. The van der Waals surface area contributed by atoms with Crippen molar-refractivity contribution in [3.63, 3.8) is 0 Å². The number of aliphatic hydroxyl groups excluding tert-OH is 5. The molecule has 0 spiro atoms. The van der Waals surface area contributed by atoms with E-state index >= 15 is 0 Å². The van der Waals surface area contributed by atoms with E-state index in [9.17, 15) is 30.3 Å². The summed E-state index contributed by atoms with van der Waals surface area (Å²) in [7, 11) is 0. The Balaban J connectivity index is 2.11. The molecule has 1 heterocycles. The normalized spacial score (nSPS) is 19.2. The first-order valence-electron chi connectivity index (χ1n) is 31.6. The van der Waals surface area contributed by atoms with Gasteiger partial charge in [-0.3, -0.25) is 4.79 Å². The van der Waals surface area contributed by atoms with Gasteiger partial charge in [0.05, 0.1) is 25.4 Å². The third-order valence-corrected chi connectivity index (χ3v) is 15.3. The van der Waals surface area contributed by atoms with E-state index in [4.69, 9.17) is 9.47 Å². The SMILES string of the molecule is CCCCCCCCCCCCCC/C=C\CCCCCCCCCCCCCCCCCCCC(=O)NC(COC1OC(CO)C(O)C(O)C1O)C(O)/C=C/CCCCCCCCCCCCCCCC. The molecule has 0 radical (unpaired) electrons. The van der Waals surface area contributed by atoms with E-state index in [1.165, 1.54) is 257 Å². The molecule has 6 N–H and O–H groups in total. The minimum Gasteiger partial charge on any atom is -0.394 e. The van der Waals surface area contributed by atoms with Gasteiger partial charge in [0.1, 0.15) is 24.4 Å². The number of nitrogens with one attached hydrogen (secondary N) is 1. The van der Waals surface area contributed by atoms with Crippen molar-refractivity contribution in [2.45, 2.75) is 358 Å². The predicted molar refractivity (Wildman–Crippen MR) is 304 cm³/mol. The maximum absolute atomic E-state index is 13.1. The second-order valence-electron chi connectivity index (χ2n) is 22.2. The highest BCUT2D eigenvalue weighted by Gasteiger charge is 2.44. The van der Waals surface area contributed by atoms with Crippen molar-refractivity contribution in [2.75, 3.05) is 13.2 Å². The molecule has 1 amide bonds. The molecule has 1 aliphatic rings. The maximum atomic E-state index is 13.1. The van der Waals surface area contributed by atoms with Crippen molar-refractivity contribution in [1.82, 2.24) is 5.32 Å². The molecule has 1 fully saturated rings. The molecule has 7 atom stereocenters. The number of hydrogen-bond acceptors (Lipinski definition) is 8. The van der Waals surface area contributed by atoms with E-state index in [1.807, 2.05) is 6.08 Å². The number of unbranched alkanes of at least 4 members (excludes halogenated alkanes) is 43. The number of ether oxygens (including phenoxy) is 2. The molecule has 1 rings (SSSR count). The smallest absolute Gasteiger partial charge is 0.220 e. The van der Waals surface area contributed by atoms with Crippen LogP contribution in [0.1, 0.15) is 316 Å². The number of hydrogen-bond donors (Lipinski definition) is 6. The zero-order valence-corrected chi connectivity index (χ0v) is 47.5. The molecule has 0 aromatic rings. The van der Waals surface area contributed by atoms with Crippen LogP contribution in [0.2, 0.25) is 0 Å². The highest BCUT2D eigenvalue weighted by atomic mass is 16.7. The molecule has 9 heteroatoms. The maximum Gasteiger partial charge on any atom is 0.220 e. The Kier molecular flexibility index (Phi) is 50.6. The number of allylic oxidation sites excluding steroid dienone is 3. The van der Waals surface area contributed by atoms with Gasteiger partial charge >= 0.3 is 0 Å². The fourth-order valence-electron chi connectivity index (χ4n) is 10.3. The van der Waals surface area contributed by atoms with Crippen molar-refractivity contribution in [3.05, 3.63) is 24.3 Å². The predicted octanol–water partition coefficient (Wildman–Crippen LogP) is 16.1. The van der Waals surface area contributed by atoms with Crippen LogP contribution in [0.3, 0.4) is 0 Å². The van der Waals surface area contributed by atoms with Gasteiger partial charge in [0.25, 0.3) is 0 Å². The van der Waals surface area contributed by atoms with Crippen LogP contribution < -0.4 is 5.32 Å². The molecule has 9 nitrogen and oxygen atoms in total. The highest BCUT2D eigenvalue weighted by molar-refractivity contribution is 5.76. The van der Waals surface area contributed by atoms with Gasteiger partial charge in [-0.05, 0) is 44.9 Å². The molecule has 72 heavy (non-hydrogen) atoms. The van der Waals surface area contributed by atoms with Crippen LogP contribution in [0, 0.1) is 0 Å². The number of aliphatic hydroxyl groups is 5. The number of carbonyl (C=O) groups excluding carboxylic acids is 1. The Morgan fingerprint density at radius 2 is 0.778 bits per heavy atom. The lowest BCUT2D eigenvalue weighted by Gasteiger charge is -2.40. The molecular formula is C63H121NO8. The molecule has 1 saturated heterocycles. The first-order valence-corrected chi connectivity index (χ1v) is 31.6. The summed E-state index contributed by atoms with van der Waals surface area (Å²) >= 11 is 0. The van der Waals surface area contributed by atoms with E-state index in [0.717, 1.165) is 38.5 Å². The summed E-state index contributed by atoms with van der Waals surface area (Å²) in [5.41, 5.74) is 0. The number of rotatable bonds is 55. The lowest BCUT2D eigenvalue weighted by molar-refractivity contribution is -0.302. The van der Waals surface area contributed by atoms with Crippen LogP contribution in [0.5, 0.6) is 0 Å². The lowest BCUT2D eigenvalue weighted by atomic mass is 9.99. The van der Waals surface area contributed by atoms with E-state index in [-0.39, 0.29) is 12.5 Å². The molecule has 1 aliphatic heterocycles. The first kappa shape index (κ1) is 68.7.